The number of carbonyl (C=O) groups excluding carboxylic acids is 1. The fraction of sp³-hybridized carbons (Fsp3) is 0.500. The Kier molecular flexibility index (Phi) is 4.20. The van der Waals surface area contributed by atoms with Crippen molar-refractivity contribution < 1.29 is 4.79 Å². The van der Waals surface area contributed by atoms with Crippen LogP contribution in [0.2, 0.25) is 0 Å². The van der Waals surface area contributed by atoms with Crippen LogP contribution >= 0.6 is 0 Å². The standard InChI is InChI=1S/C14H21N3O/c1-11-5-7-17(8-6-11)13-4-2-3-12(9-13)16-14(18)10-15/h2-4,9,11H,5-8,10,15H2,1H3,(H,16,18). The maximum atomic E-state index is 11.3. The molecule has 1 fully saturated rings. The molecule has 1 heterocycles. The molecule has 4 nitrogen and oxygen atoms in total. The van der Waals surface area contributed by atoms with Gasteiger partial charge in [-0.1, -0.05) is 13.0 Å². The van der Waals surface area contributed by atoms with Crippen LogP contribution in [0.1, 0.15) is 19.8 Å². The van der Waals surface area contributed by atoms with Crippen LogP contribution in [-0.4, -0.2) is 25.5 Å². The molecule has 1 aliphatic rings. The van der Waals surface area contributed by atoms with E-state index < -0.39 is 0 Å². The van der Waals surface area contributed by atoms with Crippen molar-refractivity contribution in [3.05, 3.63) is 24.3 Å². The van der Waals surface area contributed by atoms with E-state index in [9.17, 15) is 4.79 Å². The number of amides is 1. The summed E-state index contributed by atoms with van der Waals surface area (Å²) < 4.78 is 0. The molecule has 0 radical (unpaired) electrons. The molecule has 1 aromatic rings. The van der Waals surface area contributed by atoms with Crippen LogP contribution in [0.3, 0.4) is 0 Å². The maximum Gasteiger partial charge on any atom is 0.238 e. The molecule has 2 rings (SSSR count). The van der Waals surface area contributed by atoms with Gasteiger partial charge in [0, 0.05) is 24.5 Å². The third-order valence-electron chi connectivity index (χ3n) is 3.46. The molecule has 1 amide bonds. The fourth-order valence-electron chi connectivity index (χ4n) is 2.26. The van der Waals surface area contributed by atoms with E-state index in [-0.39, 0.29) is 12.5 Å². The van der Waals surface area contributed by atoms with Crippen LogP contribution in [0.4, 0.5) is 11.4 Å². The highest BCUT2D eigenvalue weighted by atomic mass is 16.1. The van der Waals surface area contributed by atoms with Crippen molar-refractivity contribution in [2.75, 3.05) is 29.9 Å². The Bertz CT molecular complexity index is 411. The molecule has 1 aliphatic heterocycles. The second kappa shape index (κ2) is 5.87. The molecular weight excluding hydrogens is 226 g/mol. The summed E-state index contributed by atoms with van der Waals surface area (Å²) in [7, 11) is 0. The summed E-state index contributed by atoms with van der Waals surface area (Å²) in [5, 5.41) is 2.79. The lowest BCUT2D eigenvalue weighted by atomic mass is 9.99. The smallest absolute Gasteiger partial charge is 0.238 e. The van der Waals surface area contributed by atoms with Gasteiger partial charge in [0.1, 0.15) is 0 Å². The predicted molar refractivity (Wildman–Crippen MR) is 74.7 cm³/mol. The van der Waals surface area contributed by atoms with Crippen molar-refractivity contribution in [2.45, 2.75) is 19.8 Å². The highest BCUT2D eigenvalue weighted by Crippen LogP contribution is 2.25. The van der Waals surface area contributed by atoms with Crippen molar-refractivity contribution in [1.29, 1.82) is 0 Å². The molecule has 0 saturated carbocycles. The molecule has 0 aromatic heterocycles. The molecule has 3 N–H and O–H groups in total. The van der Waals surface area contributed by atoms with Gasteiger partial charge in [0.15, 0.2) is 0 Å². The summed E-state index contributed by atoms with van der Waals surface area (Å²) in [6, 6.07) is 7.97. The van der Waals surface area contributed by atoms with E-state index in [4.69, 9.17) is 5.73 Å². The number of rotatable bonds is 3. The van der Waals surface area contributed by atoms with E-state index in [0.717, 1.165) is 24.7 Å². The van der Waals surface area contributed by atoms with Gasteiger partial charge in [0.05, 0.1) is 6.54 Å². The average molecular weight is 247 g/mol. The van der Waals surface area contributed by atoms with Crippen molar-refractivity contribution in [1.82, 2.24) is 0 Å². The Morgan fingerprint density at radius 1 is 1.44 bits per heavy atom. The summed E-state index contributed by atoms with van der Waals surface area (Å²) in [4.78, 5) is 13.6. The van der Waals surface area contributed by atoms with Crippen LogP contribution < -0.4 is 16.0 Å². The van der Waals surface area contributed by atoms with Gasteiger partial charge in [-0.25, -0.2) is 0 Å². The van der Waals surface area contributed by atoms with Gasteiger partial charge in [-0.2, -0.15) is 0 Å². The van der Waals surface area contributed by atoms with Crippen LogP contribution in [-0.2, 0) is 4.79 Å². The number of anilines is 2. The van der Waals surface area contributed by atoms with Crippen LogP contribution in [0.15, 0.2) is 24.3 Å². The first-order valence-corrected chi connectivity index (χ1v) is 6.54. The van der Waals surface area contributed by atoms with E-state index in [1.54, 1.807) is 0 Å². The minimum absolute atomic E-state index is 0.0193. The molecule has 0 bridgehead atoms. The molecule has 0 aliphatic carbocycles. The SMILES string of the molecule is CC1CCN(c2cccc(NC(=O)CN)c2)CC1. The third kappa shape index (κ3) is 3.23. The van der Waals surface area contributed by atoms with E-state index in [1.807, 2.05) is 18.2 Å². The average Bonchev–Trinajstić information content (AvgIpc) is 2.40. The summed E-state index contributed by atoms with van der Waals surface area (Å²) >= 11 is 0. The number of hydrogen-bond acceptors (Lipinski definition) is 3. The van der Waals surface area contributed by atoms with Crippen molar-refractivity contribution in [3.8, 4) is 0 Å². The Morgan fingerprint density at radius 3 is 2.83 bits per heavy atom. The minimum atomic E-state index is -0.153. The highest BCUT2D eigenvalue weighted by molar-refractivity contribution is 5.92. The van der Waals surface area contributed by atoms with Gasteiger partial charge in [-0.3, -0.25) is 4.79 Å². The fourth-order valence-corrected chi connectivity index (χ4v) is 2.26. The molecular formula is C14H21N3O. The number of benzene rings is 1. The predicted octanol–water partition coefficient (Wildman–Crippen LogP) is 1.82. The first-order chi connectivity index (χ1) is 8.69. The monoisotopic (exact) mass is 247 g/mol. The van der Waals surface area contributed by atoms with E-state index >= 15 is 0 Å². The molecule has 0 spiro atoms. The molecule has 4 heteroatoms. The van der Waals surface area contributed by atoms with Gasteiger partial charge in [-0.05, 0) is 37.0 Å². The second-order valence-electron chi connectivity index (χ2n) is 4.97. The quantitative estimate of drug-likeness (QED) is 0.856. The lowest BCUT2D eigenvalue weighted by molar-refractivity contribution is -0.114. The molecule has 1 aromatic carbocycles. The normalized spacial score (nSPS) is 16.7. The number of nitrogens with two attached hydrogens (primary N) is 1. The maximum absolute atomic E-state index is 11.3. The zero-order valence-electron chi connectivity index (χ0n) is 10.9. The van der Waals surface area contributed by atoms with Crippen LogP contribution in [0.25, 0.3) is 0 Å². The second-order valence-corrected chi connectivity index (χ2v) is 4.97. The molecule has 1 saturated heterocycles. The number of nitrogens with zero attached hydrogens (tertiary/aromatic N) is 1. The molecule has 0 atom stereocenters. The van der Waals surface area contributed by atoms with E-state index in [0.29, 0.717) is 0 Å². The Morgan fingerprint density at radius 2 is 2.17 bits per heavy atom. The van der Waals surface area contributed by atoms with Crippen molar-refractivity contribution >= 4 is 17.3 Å². The van der Waals surface area contributed by atoms with Gasteiger partial charge in [0.25, 0.3) is 0 Å². The summed E-state index contributed by atoms with van der Waals surface area (Å²) in [6.45, 7) is 4.51. The lowest BCUT2D eigenvalue weighted by Crippen LogP contribution is -2.32. The number of carbonyl (C=O) groups is 1. The zero-order chi connectivity index (χ0) is 13.0. The Labute approximate surface area is 108 Å². The van der Waals surface area contributed by atoms with Gasteiger partial charge < -0.3 is 16.0 Å². The van der Waals surface area contributed by atoms with Crippen molar-refractivity contribution in [3.63, 3.8) is 0 Å². The first-order valence-electron chi connectivity index (χ1n) is 6.54. The zero-order valence-corrected chi connectivity index (χ0v) is 10.9. The van der Waals surface area contributed by atoms with Gasteiger partial charge in [-0.15, -0.1) is 0 Å². The number of hydrogen-bond donors (Lipinski definition) is 2. The Hall–Kier alpha value is -1.55. The summed E-state index contributed by atoms with van der Waals surface area (Å²) in [5.41, 5.74) is 7.29. The third-order valence-corrected chi connectivity index (χ3v) is 3.46. The largest absolute Gasteiger partial charge is 0.371 e. The van der Waals surface area contributed by atoms with Crippen LogP contribution in [0, 0.1) is 5.92 Å². The Balaban J connectivity index is 2.05. The topological polar surface area (TPSA) is 58.4 Å². The molecule has 0 unspecified atom stereocenters. The highest BCUT2D eigenvalue weighted by Gasteiger charge is 2.16. The minimum Gasteiger partial charge on any atom is -0.371 e. The van der Waals surface area contributed by atoms with Crippen molar-refractivity contribution in [2.24, 2.45) is 11.7 Å². The molecule has 18 heavy (non-hydrogen) atoms. The number of piperidine rings is 1. The summed E-state index contributed by atoms with van der Waals surface area (Å²) in [6.07, 6.45) is 2.47. The number of nitrogens with one attached hydrogen (secondary N) is 1. The van der Waals surface area contributed by atoms with Crippen LogP contribution in [0.5, 0.6) is 0 Å². The first kappa shape index (κ1) is 12.9. The lowest BCUT2D eigenvalue weighted by Gasteiger charge is -2.32. The summed E-state index contributed by atoms with van der Waals surface area (Å²) in [5.74, 6) is 0.667. The van der Waals surface area contributed by atoms with E-state index in [1.165, 1.54) is 18.5 Å². The molecule has 98 valence electrons. The van der Waals surface area contributed by atoms with Gasteiger partial charge in [0.2, 0.25) is 5.91 Å². The van der Waals surface area contributed by atoms with Gasteiger partial charge >= 0.3 is 0 Å². The van der Waals surface area contributed by atoms with E-state index in [2.05, 4.69) is 23.2 Å².